The maximum atomic E-state index is 4.45. The number of aryl methyl sites for hydroxylation is 3. The summed E-state index contributed by atoms with van der Waals surface area (Å²) in [5, 5.41) is 7.85. The first-order valence-electron chi connectivity index (χ1n) is 7.54. The van der Waals surface area contributed by atoms with Gasteiger partial charge in [-0.3, -0.25) is 4.99 Å². The van der Waals surface area contributed by atoms with Crippen molar-refractivity contribution in [2.75, 3.05) is 13.3 Å². The number of guanidine groups is 1. The lowest BCUT2D eigenvalue weighted by Gasteiger charge is -2.13. The van der Waals surface area contributed by atoms with Crippen LogP contribution in [0.5, 0.6) is 0 Å². The maximum absolute atomic E-state index is 4.45. The average molecular weight is 349 g/mol. The smallest absolute Gasteiger partial charge is 0.191 e. The molecule has 0 amide bonds. The van der Waals surface area contributed by atoms with Crippen LogP contribution in [0, 0.1) is 20.8 Å². The molecule has 0 spiro atoms. The number of nitrogens with one attached hydrogen (secondary N) is 2. The second kappa shape index (κ2) is 8.36. The van der Waals surface area contributed by atoms with Crippen LogP contribution in [0.4, 0.5) is 0 Å². The summed E-state index contributed by atoms with van der Waals surface area (Å²) in [4.78, 5) is 11.3. The normalized spacial score (nSPS) is 11.6. The van der Waals surface area contributed by atoms with Crippen molar-refractivity contribution < 1.29 is 0 Å². The monoisotopic (exact) mass is 348 g/mol. The highest BCUT2D eigenvalue weighted by atomic mass is 32.2. The van der Waals surface area contributed by atoms with Crippen molar-refractivity contribution in [3.8, 4) is 0 Å². The Balaban J connectivity index is 1.94. The van der Waals surface area contributed by atoms with Crippen molar-refractivity contribution in [1.29, 1.82) is 0 Å². The van der Waals surface area contributed by atoms with E-state index in [1.807, 2.05) is 13.8 Å². The molecular formula is C17H24N4S2. The van der Waals surface area contributed by atoms with Gasteiger partial charge < -0.3 is 10.6 Å². The first-order chi connectivity index (χ1) is 11.0. The van der Waals surface area contributed by atoms with Crippen molar-refractivity contribution in [2.45, 2.75) is 38.8 Å². The van der Waals surface area contributed by atoms with Crippen molar-refractivity contribution in [3.63, 3.8) is 0 Å². The molecule has 0 saturated carbocycles. The summed E-state index contributed by atoms with van der Waals surface area (Å²) in [6, 6.07) is 6.55. The van der Waals surface area contributed by atoms with E-state index in [1.54, 1.807) is 30.1 Å². The fourth-order valence-corrected chi connectivity index (χ4v) is 3.88. The Labute approximate surface area is 146 Å². The van der Waals surface area contributed by atoms with Crippen LogP contribution in [-0.4, -0.2) is 24.2 Å². The summed E-state index contributed by atoms with van der Waals surface area (Å²) >= 11 is 3.51. The third-order valence-electron chi connectivity index (χ3n) is 3.53. The van der Waals surface area contributed by atoms with E-state index in [0.29, 0.717) is 0 Å². The van der Waals surface area contributed by atoms with Crippen LogP contribution in [0.25, 0.3) is 0 Å². The largest absolute Gasteiger partial charge is 0.352 e. The molecular weight excluding hydrogens is 324 g/mol. The van der Waals surface area contributed by atoms with Crippen LogP contribution >= 0.6 is 23.1 Å². The molecule has 2 aromatic rings. The Bertz CT molecular complexity index is 692. The fraction of sp³-hybridized carbons (Fsp3) is 0.412. The van der Waals surface area contributed by atoms with Crippen molar-refractivity contribution in [3.05, 3.63) is 44.9 Å². The Morgan fingerprint density at radius 3 is 2.57 bits per heavy atom. The molecule has 1 aromatic heterocycles. The quantitative estimate of drug-likeness (QED) is 0.492. The zero-order valence-corrected chi connectivity index (χ0v) is 16.0. The molecule has 1 aromatic carbocycles. The number of aliphatic imine (C=N–C) groups is 1. The van der Waals surface area contributed by atoms with Gasteiger partial charge in [-0.1, -0.05) is 12.1 Å². The molecule has 0 radical (unpaired) electrons. The zero-order chi connectivity index (χ0) is 16.8. The minimum absolute atomic E-state index is 0.750. The minimum Gasteiger partial charge on any atom is -0.352 e. The van der Waals surface area contributed by atoms with Crippen LogP contribution in [0.2, 0.25) is 0 Å². The Hall–Kier alpha value is -1.53. The van der Waals surface area contributed by atoms with Gasteiger partial charge in [0.1, 0.15) is 0 Å². The molecule has 0 saturated heterocycles. The summed E-state index contributed by atoms with van der Waals surface area (Å²) in [7, 11) is 1.80. The molecule has 2 N–H and O–H groups in total. The van der Waals surface area contributed by atoms with E-state index in [4.69, 9.17) is 0 Å². The Morgan fingerprint density at radius 2 is 1.96 bits per heavy atom. The van der Waals surface area contributed by atoms with E-state index in [2.05, 4.69) is 52.0 Å². The summed E-state index contributed by atoms with van der Waals surface area (Å²) in [5.74, 6) is 0.808. The topological polar surface area (TPSA) is 49.3 Å². The SMILES string of the molecule is CN=C(NCc1ccc(C)cc1SC)NCc1sc(C)nc1C. The number of aromatic nitrogens is 1. The highest BCUT2D eigenvalue weighted by molar-refractivity contribution is 7.98. The summed E-state index contributed by atoms with van der Waals surface area (Å²) in [6.07, 6.45) is 2.11. The van der Waals surface area contributed by atoms with Gasteiger partial charge in [-0.05, 0) is 44.2 Å². The molecule has 0 bridgehead atoms. The molecule has 0 fully saturated rings. The Morgan fingerprint density at radius 1 is 1.22 bits per heavy atom. The molecule has 4 nitrogen and oxygen atoms in total. The third kappa shape index (κ3) is 4.97. The van der Waals surface area contributed by atoms with Crippen LogP contribution < -0.4 is 10.6 Å². The molecule has 0 aliphatic carbocycles. The lowest BCUT2D eigenvalue weighted by molar-refractivity contribution is 0.803. The van der Waals surface area contributed by atoms with E-state index in [9.17, 15) is 0 Å². The zero-order valence-electron chi connectivity index (χ0n) is 14.4. The van der Waals surface area contributed by atoms with Gasteiger partial charge in [0, 0.05) is 23.4 Å². The van der Waals surface area contributed by atoms with Crippen molar-refractivity contribution in [1.82, 2.24) is 15.6 Å². The van der Waals surface area contributed by atoms with Gasteiger partial charge in [-0.2, -0.15) is 0 Å². The molecule has 0 unspecified atom stereocenters. The predicted molar refractivity (Wildman–Crippen MR) is 102 cm³/mol. The van der Waals surface area contributed by atoms with Crippen LogP contribution in [-0.2, 0) is 13.1 Å². The lowest BCUT2D eigenvalue weighted by Crippen LogP contribution is -2.36. The number of thiazole rings is 1. The van der Waals surface area contributed by atoms with E-state index < -0.39 is 0 Å². The van der Waals surface area contributed by atoms with Crippen LogP contribution in [0.1, 0.15) is 26.7 Å². The van der Waals surface area contributed by atoms with E-state index >= 15 is 0 Å². The molecule has 6 heteroatoms. The molecule has 0 aliphatic heterocycles. The summed E-state index contributed by atoms with van der Waals surface area (Å²) in [6.45, 7) is 7.72. The van der Waals surface area contributed by atoms with Crippen LogP contribution in [0.15, 0.2) is 28.1 Å². The van der Waals surface area contributed by atoms with E-state index in [1.165, 1.54) is 20.9 Å². The fourth-order valence-electron chi connectivity index (χ4n) is 2.30. The predicted octanol–water partition coefficient (Wildman–Crippen LogP) is 3.66. The number of hydrogen-bond acceptors (Lipinski definition) is 4. The van der Waals surface area contributed by atoms with E-state index in [-0.39, 0.29) is 0 Å². The van der Waals surface area contributed by atoms with Gasteiger partial charge >= 0.3 is 0 Å². The van der Waals surface area contributed by atoms with Gasteiger partial charge in [0.05, 0.1) is 17.2 Å². The number of nitrogens with zero attached hydrogens (tertiary/aromatic N) is 2. The van der Waals surface area contributed by atoms with Gasteiger partial charge in [0.15, 0.2) is 5.96 Å². The number of benzene rings is 1. The van der Waals surface area contributed by atoms with E-state index in [0.717, 1.165) is 29.8 Å². The Kier molecular flexibility index (Phi) is 6.47. The van der Waals surface area contributed by atoms with Gasteiger partial charge in [-0.25, -0.2) is 4.98 Å². The second-order valence-corrected chi connectivity index (χ2v) is 7.47. The highest BCUT2D eigenvalue weighted by Crippen LogP contribution is 2.21. The van der Waals surface area contributed by atoms with Crippen molar-refractivity contribution in [2.24, 2.45) is 4.99 Å². The number of thioether (sulfide) groups is 1. The molecule has 2 rings (SSSR count). The second-order valence-electron chi connectivity index (χ2n) is 5.34. The van der Waals surface area contributed by atoms with Gasteiger partial charge in [0.25, 0.3) is 0 Å². The molecule has 124 valence electrons. The first-order valence-corrected chi connectivity index (χ1v) is 9.58. The summed E-state index contributed by atoms with van der Waals surface area (Å²) in [5.41, 5.74) is 3.67. The lowest BCUT2D eigenvalue weighted by atomic mass is 10.1. The third-order valence-corrected chi connectivity index (χ3v) is 5.42. The molecule has 23 heavy (non-hydrogen) atoms. The van der Waals surface area contributed by atoms with Crippen LogP contribution in [0.3, 0.4) is 0 Å². The molecule has 1 heterocycles. The number of hydrogen-bond donors (Lipinski definition) is 2. The van der Waals surface area contributed by atoms with Gasteiger partial charge in [0.2, 0.25) is 0 Å². The standard InChI is InChI=1S/C17H24N4S2/c1-11-6-7-14(15(8-11)22-5)9-19-17(18-4)20-10-16-12(2)21-13(3)23-16/h6-8H,9-10H2,1-5H3,(H2,18,19,20). The van der Waals surface area contributed by atoms with Crippen molar-refractivity contribution >= 4 is 29.1 Å². The molecule has 0 aliphatic rings. The minimum atomic E-state index is 0.750. The highest BCUT2D eigenvalue weighted by Gasteiger charge is 2.07. The summed E-state index contributed by atoms with van der Waals surface area (Å²) < 4.78 is 0. The average Bonchev–Trinajstić information content (AvgIpc) is 2.86. The van der Waals surface area contributed by atoms with Gasteiger partial charge in [-0.15, -0.1) is 23.1 Å². The number of rotatable bonds is 5. The first kappa shape index (κ1) is 17.8. The maximum Gasteiger partial charge on any atom is 0.191 e. The molecule has 0 atom stereocenters.